The maximum absolute atomic E-state index is 14.8. The minimum atomic E-state index is -0.473. The predicted molar refractivity (Wildman–Crippen MR) is 272 cm³/mol. The van der Waals surface area contributed by atoms with E-state index in [0.29, 0.717) is 12.1 Å². The number of unbranched alkanes of at least 4 members (excludes halogenated alkanes) is 1. The summed E-state index contributed by atoms with van der Waals surface area (Å²) in [5.41, 5.74) is 5.80. The van der Waals surface area contributed by atoms with Gasteiger partial charge in [-0.1, -0.05) is 101 Å². The third kappa shape index (κ3) is 12.0. The molecule has 2 aliphatic heterocycles. The fourth-order valence-electron chi connectivity index (χ4n) is 13.3. The Hall–Kier alpha value is -3.80. The molecule has 11 heteroatoms. The maximum Gasteiger partial charge on any atom is 0.245 e. The van der Waals surface area contributed by atoms with Crippen LogP contribution in [0.2, 0.25) is 0 Å². The molecule has 3 unspecified atom stereocenters. The van der Waals surface area contributed by atoms with Gasteiger partial charge in [-0.2, -0.15) is 0 Å². The summed E-state index contributed by atoms with van der Waals surface area (Å²) in [4.78, 5) is 66.1. The van der Waals surface area contributed by atoms with Gasteiger partial charge in [0, 0.05) is 56.3 Å². The van der Waals surface area contributed by atoms with Crippen LogP contribution in [0.1, 0.15) is 177 Å². The average molecular weight is 934 g/mol. The van der Waals surface area contributed by atoms with Crippen molar-refractivity contribution >= 4 is 23.6 Å². The molecule has 6 aliphatic rings. The lowest BCUT2D eigenvalue weighted by Gasteiger charge is -2.39. The van der Waals surface area contributed by atoms with Crippen LogP contribution in [0.15, 0.2) is 48.5 Å². The summed E-state index contributed by atoms with van der Waals surface area (Å²) >= 11 is 0. The Kier molecular flexibility index (Phi) is 18.1. The molecule has 0 bridgehead atoms. The largest absolute Gasteiger partial charge is 0.344 e. The third-order valence-electron chi connectivity index (χ3n) is 17.7. The molecule has 0 spiro atoms. The van der Waals surface area contributed by atoms with Crippen molar-refractivity contribution in [1.82, 2.24) is 35.6 Å². The number of nitrogens with one attached hydrogen (secondary N) is 3. The summed E-state index contributed by atoms with van der Waals surface area (Å²) in [5.74, 6) is 0.483. The number of benzene rings is 2. The smallest absolute Gasteiger partial charge is 0.245 e. The molecule has 2 heterocycles. The van der Waals surface area contributed by atoms with E-state index in [9.17, 15) is 19.2 Å². The Balaban J connectivity index is 0.979. The van der Waals surface area contributed by atoms with Crippen molar-refractivity contribution in [3.63, 3.8) is 0 Å². The molecule has 11 nitrogen and oxygen atoms in total. The van der Waals surface area contributed by atoms with E-state index in [2.05, 4.69) is 91.0 Å². The zero-order valence-corrected chi connectivity index (χ0v) is 42.4. The lowest BCUT2D eigenvalue weighted by Crippen LogP contribution is -2.57. The van der Waals surface area contributed by atoms with E-state index in [1.54, 1.807) is 7.05 Å². The monoisotopic (exact) mass is 934 g/mol. The molecular weight excluding hydrogens is 847 g/mol. The predicted octanol–water partition coefficient (Wildman–Crippen LogP) is 8.51. The van der Waals surface area contributed by atoms with Crippen LogP contribution in [0.3, 0.4) is 0 Å². The quantitative estimate of drug-likeness (QED) is 0.108. The van der Waals surface area contributed by atoms with Gasteiger partial charge < -0.3 is 25.8 Å². The van der Waals surface area contributed by atoms with Crippen LogP contribution >= 0.6 is 0 Å². The van der Waals surface area contributed by atoms with Crippen LogP contribution in [0.5, 0.6) is 0 Å². The first-order valence-corrected chi connectivity index (χ1v) is 27.7. The zero-order chi connectivity index (χ0) is 47.6. The first-order chi connectivity index (χ1) is 33.1. The third-order valence-corrected chi connectivity index (χ3v) is 17.7. The highest BCUT2D eigenvalue weighted by Gasteiger charge is 2.42. The molecule has 374 valence electrons. The van der Waals surface area contributed by atoms with E-state index in [0.717, 1.165) is 161 Å². The van der Waals surface area contributed by atoms with E-state index in [4.69, 9.17) is 0 Å². The highest BCUT2D eigenvalue weighted by molar-refractivity contribution is 5.90. The van der Waals surface area contributed by atoms with Gasteiger partial charge in [-0.15, -0.1) is 0 Å². The number of aryl methyl sites for hydroxylation is 2. The molecule has 4 aliphatic carbocycles. The van der Waals surface area contributed by atoms with E-state index in [-0.39, 0.29) is 59.5 Å². The minimum Gasteiger partial charge on any atom is -0.344 e. The van der Waals surface area contributed by atoms with Gasteiger partial charge in [0.1, 0.15) is 12.1 Å². The van der Waals surface area contributed by atoms with Crippen LogP contribution in [0.25, 0.3) is 0 Å². The first kappa shape index (κ1) is 50.6. The number of carbonyl (C=O) groups is 4. The SMILES string of the molecule is CC[C@@H](C)C(=O)NC(C(=O)N1CCC[C@H]1CN(CCCCN(C[C@@H]1CCCN1C(=O)[C@@H](NC(=O)[C@H](C)NC)C1CCCCC1)C1CCc2ccccc21)C1CCc2ccccc21)C1CCCCC1. The average Bonchev–Trinajstić information content (AvgIpc) is 4.22. The Morgan fingerprint density at radius 3 is 1.47 bits per heavy atom. The van der Waals surface area contributed by atoms with Crippen molar-refractivity contribution in [3.8, 4) is 0 Å². The van der Waals surface area contributed by atoms with Gasteiger partial charge in [-0.3, -0.25) is 29.0 Å². The maximum atomic E-state index is 14.8. The van der Waals surface area contributed by atoms with Gasteiger partial charge in [0.25, 0.3) is 0 Å². The van der Waals surface area contributed by atoms with Gasteiger partial charge in [0.15, 0.2) is 0 Å². The Morgan fingerprint density at radius 1 is 0.588 bits per heavy atom. The van der Waals surface area contributed by atoms with E-state index in [1.165, 1.54) is 35.1 Å². The highest BCUT2D eigenvalue weighted by atomic mass is 16.2. The molecule has 0 aromatic heterocycles. The molecule has 4 amide bonds. The molecule has 8 atom stereocenters. The van der Waals surface area contributed by atoms with Crippen molar-refractivity contribution in [2.75, 3.05) is 46.3 Å². The first-order valence-electron chi connectivity index (χ1n) is 27.7. The fraction of sp³-hybridized carbons (Fsp3) is 0.719. The Morgan fingerprint density at radius 2 is 1.03 bits per heavy atom. The molecule has 0 radical (unpaired) electrons. The van der Waals surface area contributed by atoms with Gasteiger partial charge in [-0.25, -0.2) is 0 Å². The van der Waals surface area contributed by atoms with Gasteiger partial charge in [0.2, 0.25) is 23.6 Å². The van der Waals surface area contributed by atoms with Gasteiger partial charge in [-0.05, 0) is 157 Å². The number of likely N-dealkylation sites (tertiary alicyclic amines) is 2. The summed E-state index contributed by atoms with van der Waals surface area (Å²) in [7, 11) is 1.80. The molecule has 2 saturated heterocycles. The second-order valence-corrected chi connectivity index (χ2v) is 21.9. The molecule has 2 saturated carbocycles. The summed E-state index contributed by atoms with van der Waals surface area (Å²) in [6.45, 7) is 11.0. The lowest BCUT2D eigenvalue weighted by molar-refractivity contribution is -0.140. The summed E-state index contributed by atoms with van der Waals surface area (Å²) in [6.07, 6.45) is 22.1. The zero-order valence-electron chi connectivity index (χ0n) is 42.4. The van der Waals surface area contributed by atoms with Crippen LogP contribution in [-0.4, -0.2) is 120 Å². The van der Waals surface area contributed by atoms with E-state index < -0.39 is 12.1 Å². The molecule has 4 fully saturated rings. The lowest BCUT2D eigenvalue weighted by atomic mass is 9.83. The van der Waals surface area contributed by atoms with Crippen LogP contribution in [-0.2, 0) is 32.0 Å². The highest BCUT2D eigenvalue weighted by Crippen LogP contribution is 2.40. The molecule has 2 aromatic rings. The van der Waals surface area contributed by atoms with Gasteiger partial charge in [0.05, 0.1) is 6.04 Å². The van der Waals surface area contributed by atoms with E-state index >= 15 is 0 Å². The topological polar surface area (TPSA) is 117 Å². The van der Waals surface area contributed by atoms with Crippen molar-refractivity contribution in [1.29, 1.82) is 0 Å². The minimum absolute atomic E-state index is 0.0192. The standard InChI is InChI=1S/C57H87N7O4/c1-5-40(2)54(65)59-52(44-22-8-6-9-23-44)56(67)63-36-18-26-46(63)38-61(50-32-30-42-20-12-14-28-48(42)50)34-16-17-35-62(51-33-31-43-21-13-15-29-49(43)51)39-47-27-19-37-64(47)57(68)53(45-24-10-7-11-25-45)60-55(66)41(3)58-4/h12-15,20-21,28-29,40-41,44-47,50-53,58H,5-11,16-19,22-27,30-39H2,1-4H3,(H,59,65)(H,60,66)/t40-,41+,46+,47+,50?,51?,52?,53+/m1/s1. The number of hydrogen-bond donors (Lipinski definition) is 3. The second kappa shape index (κ2) is 24.4. The van der Waals surface area contributed by atoms with Crippen molar-refractivity contribution < 1.29 is 19.2 Å². The molecular formula is C57H87N7O4. The molecule has 68 heavy (non-hydrogen) atoms. The number of hydrogen-bond acceptors (Lipinski definition) is 7. The molecule has 2 aromatic carbocycles. The molecule has 8 rings (SSSR count). The van der Waals surface area contributed by atoms with Crippen molar-refractivity contribution in [2.24, 2.45) is 17.8 Å². The normalized spacial score (nSPS) is 25.0. The number of carbonyl (C=O) groups excluding carboxylic acids is 4. The van der Waals surface area contributed by atoms with Crippen LogP contribution < -0.4 is 16.0 Å². The summed E-state index contributed by atoms with van der Waals surface area (Å²) in [6, 6.07) is 17.6. The molecule has 3 N–H and O–H groups in total. The Labute approximate surface area is 409 Å². The summed E-state index contributed by atoms with van der Waals surface area (Å²) < 4.78 is 0. The fourth-order valence-corrected chi connectivity index (χ4v) is 13.3. The number of amides is 4. The van der Waals surface area contributed by atoms with Crippen molar-refractivity contribution in [2.45, 2.75) is 198 Å². The number of fused-ring (bicyclic) bond motifs is 2. The summed E-state index contributed by atoms with van der Waals surface area (Å²) in [5, 5.41) is 9.66. The number of likely N-dealkylation sites (N-methyl/N-ethyl adjacent to an activating group) is 1. The number of nitrogens with zero attached hydrogens (tertiary/aromatic N) is 4. The van der Waals surface area contributed by atoms with E-state index in [1.807, 2.05) is 13.8 Å². The van der Waals surface area contributed by atoms with Crippen LogP contribution in [0, 0.1) is 17.8 Å². The van der Waals surface area contributed by atoms with Crippen molar-refractivity contribution in [3.05, 3.63) is 70.8 Å². The van der Waals surface area contributed by atoms with Gasteiger partial charge >= 0.3 is 0 Å². The second-order valence-electron chi connectivity index (χ2n) is 21.9. The number of rotatable bonds is 21. The Bertz CT molecular complexity index is 1840. The van der Waals surface area contributed by atoms with Crippen LogP contribution in [0.4, 0.5) is 0 Å².